The van der Waals surface area contributed by atoms with Crippen LogP contribution in [0.5, 0.6) is 0 Å². The molecule has 1 aromatic heterocycles. The molecule has 90 valence electrons. The highest BCUT2D eigenvalue weighted by Gasteiger charge is 2.03. The van der Waals surface area contributed by atoms with Gasteiger partial charge < -0.3 is 15.4 Å². The van der Waals surface area contributed by atoms with Crippen LogP contribution < -0.4 is 17.0 Å². The Morgan fingerprint density at radius 2 is 2.00 bits per heavy atom. The summed E-state index contributed by atoms with van der Waals surface area (Å²) >= 11 is 0. The minimum Gasteiger partial charge on any atom is -0.396 e. The first-order valence-corrected chi connectivity index (χ1v) is 5.32. The number of unbranched alkanes of at least 4 members (excludes halogenated alkanes) is 1. The summed E-state index contributed by atoms with van der Waals surface area (Å²) in [6.07, 6.45) is 2.83. The molecule has 0 radical (unpaired) electrons. The van der Waals surface area contributed by atoms with E-state index < -0.39 is 0 Å². The molecule has 0 saturated heterocycles. The van der Waals surface area contributed by atoms with Gasteiger partial charge in [0.25, 0.3) is 5.56 Å². The zero-order chi connectivity index (χ0) is 12.0. The van der Waals surface area contributed by atoms with Gasteiger partial charge in [-0.1, -0.05) is 0 Å². The second-order valence-electron chi connectivity index (χ2n) is 3.50. The summed E-state index contributed by atoms with van der Waals surface area (Å²) in [4.78, 5) is 23.1. The number of hydrogen-bond acceptors (Lipinski definition) is 4. The van der Waals surface area contributed by atoms with Crippen molar-refractivity contribution < 1.29 is 5.11 Å². The summed E-state index contributed by atoms with van der Waals surface area (Å²) in [6.45, 7) is 1.11. The van der Waals surface area contributed by atoms with E-state index in [1.54, 1.807) is 0 Å². The van der Waals surface area contributed by atoms with E-state index in [0.29, 0.717) is 19.4 Å². The van der Waals surface area contributed by atoms with Gasteiger partial charge in [0, 0.05) is 38.5 Å². The summed E-state index contributed by atoms with van der Waals surface area (Å²) in [5.41, 5.74) is 4.67. The lowest BCUT2D eigenvalue weighted by atomic mass is 10.3. The molecule has 16 heavy (non-hydrogen) atoms. The van der Waals surface area contributed by atoms with Crippen molar-refractivity contribution in [3.05, 3.63) is 33.1 Å². The van der Waals surface area contributed by atoms with Crippen molar-refractivity contribution in [2.45, 2.75) is 25.9 Å². The monoisotopic (exact) mass is 227 g/mol. The number of nitrogens with zero attached hydrogens (tertiary/aromatic N) is 2. The van der Waals surface area contributed by atoms with E-state index in [0.717, 1.165) is 4.57 Å². The van der Waals surface area contributed by atoms with Crippen molar-refractivity contribution in [3.8, 4) is 0 Å². The van der Waals surface area contributed by atoms with E-state index >= 15 is 0 Å². The second-order valence-corrected chi connectivity index (χ2v) is 3.50. The predicted octanol–water partition coefficient (Wildman–Crippen LogP) is -1.26. The van der Waals surface area contributed by atoms with Gasteiger partial charge in [-0.15, -0.1) is 0 Å². The van der Waals surface area contributed by atoms with Crippen LogP contribution in [0.25, 0.3) is 0 Å². The van der Waals surface area contributed by atoms with Gasteiger partial charge in [0.05, 0.1) is 0 Å². The molecule has 0 spiro atoms. The fourth-order valence-corrected chi connectivity index (χ4v) is 1.46. The number of nitrogens with two attached hydrogens (primary N) is 1. The van der Waals surface area contributed by atoms with Crippen LogP contribution >= 0.6 is 0 Å². The molecule has 0 aliphatic heterocycles. The molecule has 0 bridgehead atoms. The van der Waals surface area contributed by atoms with Crippen molar-refractivity contribution in [2.75, 3.05) is 13.2 Å². The number of aromatic nitrogens is 2. The van der Waals surface area contributed by atoms with Gasteiger partial charge in [0.2, 0.25) is 0 Å². The van der Waals surface area contributed by atoms with Crippen LogP contribution in [0, 0.1) is 0 Å². The Bertz CT molecular complexity index is 436. The lowest BCUT2D eigenvalue weighted by Gasteiger charge is -2.08. The van der Waals surface area contributed by atoms with Crippen LogP contribution in [-0.2, 0) is 13.1 Å². The van der Waals surface area contributed by atoms with Crippen molar-refractivity contribution >= 4 is 0 Å². The molecular formula is C10H17N3O3. The highest BCUT2D eigenvalue weighted by molar-refractivity contribution is 4.86. The lowest BCUT2D eigenvalue weighted by Crippen LogP contribution is -2.40. The Hall–Kier alpha value is -1.40. The topological polar surface area (TPSA) is 90.2 Å². The van der Waals surface area contributed by atoms with Crippen LogP contribution in [0.1, 0.15) is 12.8 Å². The Balaban J connectivity index is 2.90. The lowest BCUT2D eigenvalue weighted by molar-refractivity contribution is 0.280. The summed E-state index contributed by atoms with van der Waals surface area (Å²) in [7, 11) is 0. The molecule has 0 aliphatic carbocycles. The quantitative estimate of drug-likeness (QED) is 0.594. The highest BCUT2D eigenvalue weighted by Crippen LogP contribution is 1.90. The molecule has 0 fully saturated rings. The maximum absolute atomic E-state index is 11.8. The smallest absolute Gasteiger partial charge is 0.331 e. The third-order valence-electron chi connectivity index (χ3n) is 2.30. The minimum absolute atomic E-state index is 0.108. The van der Waals surface area contributed by atoms with Crippen molar-refractivity contribution in [1.29, 1.82) is 0 Å². The summed E-state index contributed by atoms with van der Waals surface area (Å²) in [5.74, 6) is 0. The molecule has 6 nitrogen and oxygen atoms in total. The van der Waals surface area contributed by atoms with Gasteiger partial charge in [-0.05, 0) is 12.8 Å². The first-order valence-electron chi connectivity index (χ1n) is 5.32. The second kappa shape index (κ2) is 6.24. The van der Waals surface area contributed by atoms with Crippen LogP contribution in [-0.4, -0.2) is 27.4 Å². The van der Waals surface area contributed by atoms with Crippen LogP contribution in [0.2, 0.25) is 0 Å². The van der Waals surface area contributed by atoms with Crippen LogP contribution in [0.15, 0.2) is 21.9 Å². The molecule has 1 rings (SSSR count). The van der Waals surface area contributed by atoms with Gasteiger partial charge in [0.15, 0.2) is 0 Å². The highest BCUT2D eigenvalue weighted by atomic mass is 16.3. The minimum atomic E-state index is -0.337. The molecule has 0 aromatic carbocycles. The Labute approximate surface area is 92.9 Å². The molecule has 0 amide bonds. The fourth-order valence-electron chi connectivity index (χ4n) is 1.46. The SMILES string of the molecule is NCCn1c(=O)ccn(CCCCO)c1=O. The van der Waals surface area contributed by atoms with E-state index in [-0.39, 0.29) is 30.9 Å². The summed E-state index contributed by atoms with van der Waals surface area (Å²) < 4.78 is 2.59. The summed E-state index contributed by atoms with van der Waals surface area (Å²) in [6, 6.07) is 1.36. The Morgan fingerprint density at radius 1 is 1.25 bits per heavy atom. The average molecular weight is 227 g/mol. The van der Waals surface area contributed by atoms with Gasteiger partial charge >= 0.3 is 5.69 Å². The van der Waals surface area contributed by atoms with Gasteiger partial charge in [-0.25, -0.2) is 4.79 Å². The van der Waals surface area contributed by atoms with Crippen LogP contribution in [0.4, 0.5) is 0 Å². The van der Waals surface area contributed by atoms with E-state index in [9.17, 15) is 9.59 Å². The molecule has 3 N–H and O–H groups in total. The standard InChI is InChI=1S/C10H17N3O3/c11-4-7-13-9(15)3-6-12(10(13)16)5-1-2-8-14/h3,6,14H,1-2,4-5,7-8,11H2. The fraction of sp³-hybridized carbons (Fsp3) is 0.600. The number of aliphatic hydroxyl groups is 1. The third kappa shape index (κ3) is 3.04. The normalized spacial score (nSPS) is 10.6. The molecule has 6 heteroatoms. The largest absolute Gasteiger partial charge is 0.396 e. The molecule has 1 heterocycles. The molecule has 0 unspecified atom stereocenters. The van der Waals surface area contributed by atoms with E-state index in [2.05, 4.69) is 0 Å². The van der Waals surface area contributed by atoms with E-state index in [4.69, 9.17) is 10.8 Å². The first kappa shape index (κ1) is 12.7. The number of rotatable bonds is 6. The third-order valence-corrected chi connectivity index (χ3v) is 2.30. The number of aliphatic hydroxyl groups excluding tert-OH is 1. The number of hydrogen-bond donors (Lipinski definition) is 2. The maximum Gasteiger partial charge on any atom is 0.331 e. The molecule has 0 atom stereocenters. The van der Waals surface area contributed by atoms with Crippen molar-refractivity contribution in [2.24, 2.45) is 5.73 Å². The summed E-state index contributed by atoms with van der Waals surface area (Å²) in [5, 5.41) is 8.64. The van der Waals surface area contributed by atoms with Gasteiger partial charge in [-0.3, -0.25) is 9.36 Å². The van der Waals surface area contributed by atoms with E-state index in [1.807, 2.05) is 0 Å². The average Bonchev–Trinajstić information content (AvgIpc) is 2.28. The molecule has 0 aliphatic rings. The maximum atomic E-state index is 11.8. The Morgan fingerprint density at radius 3 is 2.62 bits per heavy atom. The zero-order valence-corrected chi connectivity index (χ0v) is 9.13. The Kier molecular flexibility index (Phi) is 4.94. The van der Waals surface area contributed by atoms with Crippen molar-refractivity contribution in [1.82, 2.24) is 9.13 Å². The molecular weight excluding hydrogens is 210 g/mol. The van der Waals surface area contributed by atoms with E-state index in [1.165, 1.54) is 16.8 Å². The molecule has 1 aromatic rings. The zero-order valence-electron chi connectivity index (χ0n) is 9.13. The van der Waals surface area contributed by atoms with Gasteiger partial charge in [-0.2, -0.15) is 0 Å². The van der Waals surface area contributed by atoms with Gasteiger partial charge in [0.1, 0.15) is 0 Å². The van der Waals surface area contributed by atoms with Crippen molar-refractivity contribution in [3.63, 3.8) is 0 Å². The predicted molar refractivity (Wildman–Crippen MR) is 60.3 cm³/mol. The first-order chi connectivity index (χ1) is 7.70. The van der Waals surface area contributed by atoms with Crippen LogP contribution in [0.3, 0.4) is 0 Å². The molecule has 0 saturated carbocycles. The number of aryl methyl sites for hydroxylation is 1.